The number of hydrogen-bond acceptors (Lipinski definition) is 4. The Kier molecular flexibility index (Phi) is 4.45. The number of rotatable bonds is 5. The van der Waals surface area contributed by atoms with Crippen LogP contribution in [0.15, 0.2) is 48.5 Å². The number of carbonyl (C=O) groups is 2. The van der Waals surface area contributed by atoms with E-state index < -0.39 is 16.5 Å². The van der Waals surface area contributed by atoms with E-state index >= 15 is 0 Å². The highest BCUT2D eigenvalue weighted by Crippen LogP contribution is 2.19. The van der Waals surface area contributed by atoms with E-state index in [1.54, 1.807) is 6.07 Å². The SMILES string of the molecule is O=C(Cc1ccccc1[N+](=O)[O-])C(=O)c1ccc(Cl)cc1. The van der Waals surface area contributed by atoms with Gasteiger partial charge in [0.25, 0.3) is 5.69 Å². The van der Waals surface area contributed by atoms with Gasteiger partial charge in [-0.05, 0) is 24.3 Å². The maximum atomic E-state index is 12.0. The summed E-state index contributed by atoms with van der Waals surface area (Å²) in [6.07, 6.45) is -0.307. The van der Waals surface area contributed by atoms with Crippen molar-refractivity contribution in [2.45, 2.75) is 6.42 Å². The molecule has 5 nitrogen and oxygen atoms in total. The molecule has 0 saturated carbocycles. The molecule has 0 aliphatic heterocycles. The van der Waals surface area contributed by atoms with Crippen LogP contribution in [0.2, 0.25) is 5.02 Å². The lowest BCUT2D eigenvalue weighted by molar-refractivity contribution is -0.385. The van der Waals surface area contributed by atoms with E-state index in [4.69, 9.17) is 11.6 Å². The molecule has 0 spiro atoms. The van der Waals surface area contributed by atoms with Crippen LogP contribution in [0.25, 0.3) is 0 Å². The highest BCUT2D eigenvalue weighted by atomic mass is 35.5. The number of nitro benzene ring substituents is 1. The third kappa shape index (κ3) is 3.52. The van der Waals surface area contributed by atoms with Gasteiger partial charge in [-0.2, -0.15) is 0 Å². The molecule has 21 heavy (non-hydrogen) atoms. The Balaban J connectivity index is 2.20. The first-order valence-electron chi connectivity index (χ1n) is 6.04. The number of hydrogen-bond donors (Lipinski definition) is 0. The Hall–Kier alpha value is -2.53. The lowest BCUT2D eigenvalue weighted by atomic mass is 10.0. The van der Waals surface area contributed by atoms with Crippen molar-refractivity contribution in [2.75, 3.05) is 0 Å². The Bertz CT molecular complexity index is 710. The van der Waals surface area contributed by atoms with Gasteiger partial charge < -0.3 is 0 Å². The molecule has 0 heterocycles. The van der Waals surface area contributed by atoms with E-state index in [1.807, 2.05) is 0 Å². The van der Waals surface area contributed by atoms with Gasteiger partial charge in [0.1, 0.15) is 0 Å². The van der Waals surface area contributed by atoms with Crippen LogP contribution < -0.4 is 0 Å². The third-order valence-corrected chi connectivity index (χ3v) is 3.15. The average Bonchev–Trinajstić information content (AvgIpc) is 2.47. The van der Waals surface area contributed by atoms with Gasteiger partial charge in [0, 0.05) is 28.6 Å². The summed E-state index contributed by atoms with van der Waals surface area (Å²) in [4.78, 5) is 34.2. The number of carbonyl (C=O) groups excluding carboxylic acids is 2. The van der Waals surface area contributed by atoms with Crippen molar-refractivity contribution in [3.8, 4) is 0 Å². The Morgan fingerprint density at radius 1 is 1.05 bits per heavy atom. The number of para-hydroxylation sites is 1. The highest BCUT2D eigenvalue weighted by Gasteiger charge is 2.21. The molecule has 2 rings (SSSR count). The van der Waals surface area contributed by atoms with Crippen molar-refractivity contribution in [1.82, 2.24) is 0 Å². The summed E-state index contributed by atoms with van der Waals surface area (Å²) in [7, 11) is 0. The molecule has 0 radical (unpaired) electrons. The summed E-state index contributed by atoms with van der Waals surface area (Å²) in [5.74, 6) is -1.39. The molecular formula is C15H10ClNO4. The molecule has 0 N–H and O–H groups in total. The first kappa shape index (κ1) is 14.9. The smallest absolute Gasteiger partial charge is 0.273 e. The fourth-order valence-corrected chi connectivity index (χ4v) is 1.98. The predicted molar refractivity (Wildman–Crippen MR) is 77.6 cm³/mol. The largest absolute Gasteiger partial charge is 0.290 e. The van der Waals surface area contributed by atoms with E-state index in [0.29, 0.717) is 5.02 Å². The highest BCUT2D eigenvalue weighted by molar-refractivity contribution is 6.44. The lowest BCUT2D eigenvalue weighted by Crippen LogP contribution is -2.17. The van der Waals surface area contributed by atoms with E-state index in [-0.39, 0.29) is 23.2 Å². The zero-order chi connectivity index (χ0) is 15.4. The zero-order valence-corrected chi connectivity index (χ0v) is 11.5. The molecule has 0 amide bonds. The van der Waals surface area contributed by atoms with Crippen LogP contribution in [0.3, 0.4) is 0 Å². The van der Waals surface area contributed by atoms with Gasteiger partial charge in [-0.3, -0.25) is 19.7 Å². The molecule has 0 aromatic heterocycles. The standard InChI is InChI=1S/C15H10ClNO4/c16-12-7-5-10(6-8-12)15(19)14(18)9-11-3-1-2-4-13(11)17(20)21/h1-8H,9H2. The van der Waals surface area contributed by atoms with Gasteiger partial charge in [0.15, 0.2) is 0 Å². The quantitative estimate of drug-likeness (QED) is 0.368. The summed E-state index contributed by atoms with van der Waals surface area (Å²) in [5.41, 5.74) is 0.257. The molecule has 0 unspecified atom stereocenters. The molecule has 2 aromatic rings. The fourth-order valence-electron chi connectivity index (χ4n) is 1.85. The van der Waals surface area contributed by atoms with Gasteiger partial charge in [-0.25, -0.2) is 0 Å². The van der Waals surface area contributed by atoms with Gasteiger partial charge in [-0.1, -0.05) is 29.8 Å². The normalized spacial score (nSPS) is 10.1. The van der Waals surface area contributed by atoms with Crippen LogP contribution in [0, 0.1) is 10.1 Å². The molecule has 0 atom stereocenters. The minimum Gasteiger partial charge on any atom is -0.290 e. The molecule has 0 fully saturated rings. The Morgan fingerprint density at radius 3 is 2.29 bits per heavy atom. The summed E-state index contributed by atoms with van der Waals surface area (Å²) < 4.78 is 0. The second kappa shape index (κ2) is 6.28. The molecular weight excluding hydrogens is 294 g/mol. The first-order valence-corrected chi connectivity index (χ1v) is 6.42. The average molecular weight is 304 g/mol. The number of Topliss-reactive ketones (excluding diaryl/α,β-unsaturated/α-hetero) is 2. The van der Waals surface area contributed by atoms with Gasteiger partial charge in [-0.15, -0.1) is 0 Å². The maximum absolute atomic E-state index is 12.0. The summed E-state index contributed by atoms with van der Waals surface area (Å²) in [5, 5.41) is 11.3. The third-order valence-electron chi connectivity index (χ3n) is 2.90. The predicted octanol–water partition coefficient (Wildman–Crippen LogP) is 3.24. The van der Waals surface area contributed by atoms with Crippen molar-refractivity contribution in [2.24, 2.45) is 0 Å². The second-order valence-electron chi connectivity index (χ2n) is 4.32. The van der Waals surface area contributed by atoms with Crippen LogP contribution >= 0.6 is 11.6 Å². The minimum atomic E-state index is -0.702. The van der Waals surface area contributed by atoms with Crippen molar-refractivity contribution in [3.63, 3.8) is 0 Å². The molecule has 6 heteroatoms. The minimum absolute atomic E-state index is 0.172. The van der Waals surface area contributed by atoms with Crippen LogP contribution in [-0.4, -0.2) is 16.5 Å². The van der Waals surface area contributed by atoms with Crippen molar-refractivity contribution >= 4 is 28.9 Å². The zero-order valence-electron chi connectivity index (χ0n) is 10.8. The van der Waals surface area contributed by atoms with Crippen LogP contribution in [0.5, 0.6) is 0 Å². The maximum Gasteiger partial charge on any atom is 0.273 e. The first-order chi connectivity index (χ1) is 9.99. The number of halogens is 1. The summed E-state index contributed by atoms with van der Waals surface area (Å²) >= 11 is 5.71. The monoisotopic (exact) mass is 303 g/mol. The summed E-state index contributed by atoms with van der Waals surface area (Å²) in [6, 6.07) is 11.8. The molecule has 0 aliphatic carbocycles. The van der Waals surface area contributed by atoms with Crippen molar-refractivity contribution in [3.05, 3.63) is 74.8 Å². The number of benzene rings is 2. The molecule has 0 aliphatic rings. The van der Waals surface area contributed by atoms with E-state index in [2.05, 4.69) is 0 Å². The Labute approximate surface area is 125 Å². The van der Waals surface area contributed by atoms with Crippen LogP contribution in [-0.2, 0) is 11.2 Å². The number of nitro groups is 1. The van der Waals surface area contributed by atoms with Crippen LogP contribution in [0.4, 0.5) is 5.69 Å². The van der Waals surface area contributed by atoms with Gasteiger partial charge in [0.2, 0.25) is 11.6 Å². The molecule has 0 bridgehead atoms. The molecule has 106 valence electrons. The van der Waals surface area contributed by atoms with E-state index in [1.165, 1.54) is 42.5 Å². The van der Waals surface area contributed by atoms with E-state index in [0.717, 1.165) is 0 Å². The summed E-state index contributed by atoms with van der Waals surface area (Å²) in [6.45, 7) is 0. The van der Waals surface area contributed by atoms with Crippen molar-refractivity contribution < 1.29 is 14.5 Å². The van der Waals surface area contributed by atoms with Gasteiger partial charge in [0.05, 0.1) is 4.92 Å². The number of nitrogens with zero attached hydrogens (tertiary/aromatic N) is 1. The van der Waals surface area contributed by atoms with Crippen LogP contribution in [0.1, 0.15) is 15.9 Å². The number of ketones is 2. The second-order valence-corrected chi connectivity index (χ2v) is 4.76. The lowest BCUT2D eigenvalue weighted by Gasteiger charge is -2.02. The van der Waals surface area contributed by atoms with Crippen molar-refractivity contribution in [1.29, 1.82) is 0 Å². The Morgan fingerprint density at radius 2 is 1.67 bits per heavy atom. The van der Waals surface area contributed by atoms with Gasteiger partial charge >= 0.3 is 0 Å². The fraction of sp³-hybridized carbons (Fsp3) is 0.0667. The topological polar surface area (TPSA) is 77.3 Å². The molecule has 0 saturated heterocycles. The van der Waals surface area contributed by atoms with E-state index in [9.17, 15) is 19.7 Å². The molecule has 2 aromatic carbocycles.